The van der Waals surface area contributed by atoms with E-state index in [0.29, 0.717) is 18.9 Å². The standard InChI is InChI=1S/C15H18N2O3/c1-3-11-7-5-6-8-13(11)16-10-12-9-14(17-20-12)15(18)19-4-2/h5-9,16H,3-4,10H2,1-2H3. The van der Waals surface area contributed by atoms with Crippen molar-refractivity contribution in [1.29, 1.82) is 0 Å². The molecule has 0 amide bonds. The number of hydrogen-bond acceptors (Lipinski definition) is 5. The Hall–Kier alpha value is -2.30. The van der Waals surface area contributed by atoms with Gasteiger partial charge in [-0.2, -0.15) is 0 Å². The fraction of sp³-hybridized carbons (Fsp3) is 0.333. The summed E-state index contributed by atoms with van der Waals surface area (Å²) in [6, 6.07) is 9.68. The van der Waals surface area contributed by atoms with Gasteiger partial charge in [-0.25, -0.2) is 4.79 Å². The van der Waals surface area contributed by atoms with Crippen LogP contribution >= 0.6 is 0 Å². The van der Waals surface area contributed by atoms with Crippen LogP contribution in [0.1, 0.15) is 35.7 Å². The van der Waals surface area contributed by atoms with Gasteiger partial charge in [-0.15, -0.1) is 0 Å². The van der Waals surface area contributed by atoms with Gasteiger partial charge in [0.1, 0.15) is 0 Å². The minimum atomic E-state index is -0.462. The largest absolute Gasteiger partial charge is 0.461 e. The monoisotopic (exact) mass is 274 g/mol. The molecule has 0 radical (unpaired) electrons. The van der Waals surface area contributed by atoms with Crippen molar-refractivity contribution < 1.29 is 14.1 Å². The van der Waals surface area contributed by atoms with Crippen molar-refractivity contribution >= 4 is 11.7 Å². The number of rotatable bonds is 6. The van der Waals surface area contributed by atoms with E-state index in [2.05, 4.69) is 23.5 Å². The van der Waals surface area contributed by atoms with Gasteiger partial charge in [0.15, 0.2) is 11.5 Å². The highest BCUT2D eigenvalue weighted by atomic mass is 16.5. The summed E-state index contributed by atoms with van der Waals surface area (Å²) in [7, 11) is 0. The van der Waals surface area contributed by atoms with Crippen LogP contribution in [0.25, 0.3) is 0 Å². The topological polar surface area (TPSA) is 64.4 Å². The number of nitrogens with one attached hydrogen (secondary N) is 1. The number of aryl methyl sites for hydroxylation is 1. The molecule has 0 saturated heterocycles. The highest BCUT2D eigenvalue weighted by Gasteiger charge is 2.13. The van der Waals surface area contributed by atoms with Crippen LogP contribution in [0.2, 0.25) is 0 Å². The lowest BCUT2D eigenvalue weighted by atomic mass is 10.1. The fourth-order valence-electron chi connectivity index (χ4n) is 1.88. The van der Waals surface area contributed by atoms with Crippen molar-refractivity contribution in [2.24, 2.45) is 0 Å². The number of esters is 1. The van der Waals surface area contributed by atoms with Crippen LogP contribution in [0, 0.1) is 0 Å². The lowest BCUT2D eigenvalue weighted by Gasteiger charge is -2.08. The molecule has 0 aliphatic rings. The van der Waals surface area contributed by atoms with E-state index in [1.165, 1.54) is 5.56 Å². The van der Waals surface area contributed by atoms with E-state index in [9.17, 15) is 4.79 Å². The average molecular weight is 274 g/mol. The number of benzene rings is 1. The second-order valence-electron chi connectivity index (χ2n) is 4.26. The van der Waals surface area contributed by atoms with Crippen molar-refractivity contribution in [3.05, 3.63) is 47.3 Å². The Balaban J connectivity index is 1.99. The number of hydrogen-bond donors (Lipinski definition) is 1. The molecule has 1 N–H and O–H groups in total. The van der Waals surface area contributed by atoms with Gasteiger partial charge in [0.05, 0.1) is 13.2 Å². The van der Waals surface area contributed by atoms with Crippen LogP contribution in [0.3, 0.4) is 0 Å². The average Bonchev–Trinajstić information content (AvgIpc) is 2.94. The first kappa shape index (κ1) is 14.1. The van der Waals surface area contributed by atoms with Gasteiger partial charge in [-0.05, 0) is 25.0 Å². The predicted octanol–water partition coefficient (Wildman–Crippen LogP) is 3.03. The minimum Gasteiger partial charge on any atom is -0.461 e. The fourth-order valence-corrected chi connectivity index (χ4v) is 1.88. The first-order valence-electron chi connectivity index (χ1n) is 6.69. The van der Waals surface area contributed by atoms with E-state index in [4.69, 9.17) is 9.26 Å². The lowest BCUT2D eigenvalue weighted by Crippen LogP contribution is -2.04. The molecular formula is C15H18N2O3. The molecule has 0 aliphatic heterocycles. The summed E-state index contributed by atoms with van der Waals surface area (Å²) in [6.45, 7) is 4.66. The van der Waals surface area contributed by atoms with Gasteiger partial charge in [0.25, 0.3) is 0 Å². The number of nitrogens with zero attached hydrogens (tertiary/aromatic N) is 1. The number of ether oxygens (including phenoxy) is 1. The van der Waals surface area contributed by atoms with E-state index in [0.717, 1.165) is 12.1 Å². The Kier molecular flexibility index (Phi) is 4.76. The molecular weight excluding hydrogens is 256 g/mol. The number of anilines is 1. The van der Waals surface area contributed by atoms with Gasteiger partial charge >= 0.3 is 5.97 Å². The first-order valence-corrected chi connectivity index (χ1v) is 6.69. The van der Waals surface area contributed by atoms with Crippen LogP contribution in [-0.4, -0.2) is 17.7 Å². The summed E-state index contributed by atoms with van der Waals surface area (Å²) in [5, 5.41) is 6.98. The van der Waals surface area contributed by atoms with Gasteiger partial charge < -0.3 is 14.6 Å². The number of para-hydroxylation sites is 1. The van der Waals surface area contributed by atoms with E-state index in [1.54, 1.807) is 13.0 Å². The third kappa shape index (κ3) is 3.38. The van der Waals surface area contributed by atoms with Crippen molar-refractivity contribution in [2.75, 3.05) is 11.9 Å². The van der Waals surface area contributed by atoms with Crippen LogP contribution in [0.15, 0.2) is 34.9 Å². The summed E-state index contributed by atoms with van der Waals surface area (Å²) in [5.41, 5.74) is 2.49. The van der Waals surface area contributed by atoms with Crippen molar-refractivity contribution in [3.8, 4) is 0 Å². The normalized spacial score (nSPS) is 10.3. The van der Waals surface area contributed by atoms with E-state index >= 15 is 0 Å². The van der Waals surface area contributed by atoms with Gasteiger partial charge in [0, 0.05) is 11.8 Å². The maximum atomic E-state index is 11.5. The van der Waals surface area contributed by atoms with E-state index in [1.807, 2.05) is 18.2 Å². The zero-order chi connectivity index (χ0) is 14.4. The maximum Gasteiger partial charge on any atom is 0.360 e. The third-order valence-electron chi connectivity index (χ3n) is 2.89. The second-order valence-corrected chi connectivity index (χ2v) is 4.26. The molecule has 2 aromatic rings. The first-order chi connectivity index (χ1) is 9.74. The van der Waals surface area contributed by atoms with Crippen LogP contribution in [-0.2, 0) is 17.7 Å². The molecule has 5 heteroatoms. The molecule has 106 valence electrons. The SMILES string of the molecule is CCOC(=O)c1cc(CNc2ccccc2CC)on1. The summed E-state index contributed by atoms with van der Waals surface area (Å²) in [6.07, 6.45) is 0.952. The van der Waals surface area contributed by atoms with Crippen LogP contribution in [0.4, 0.5) is 5.69 Å². The van der Waals surface area contributed by atoms with Crippen molar-refractivity contribution in [3.63, 3.8) is 0 Å². The molecule has 2 rings (SSSR count). The molecule has 1 aromatic carbocycles. The highest BCUT2D eigenvalue weighted by molar-refractivity contribution is 5.87. The summed E-state index contributed by atoms with van der Waals surface area (Å²) in [5.74, 6) is 0.135. The highest BCUT2D eigenvalue weighted by Crippen LogP contribution is 2.17. The Labute approximate surface area is 117 Å². The van der Waals surface area contributed by atoms with Crippen LogP contribution in [0.5, 0.6) is 0 Å². The Morgan fingerprint density at radius 2 is 2.15 bits per heavy atom. The molecule has 0 unspecified atom stereocenters. The number of carbonyl (C=O) groups is 1. The molecule has 20 heavy (non-hydrogen) atoms. The number of carbonyl (C=O) groups excluding carboxylic acids is 1. The molecule has 0 atom stereocenters. The molecule has 1 heterocycles. The zero-order valence-corrected chi connectivity index (χ0v) is 11.7. The molecule has 0 saturated carbocycles. The van der Waals surface area contributed by atoms with Crippen molar-refractivity contribution in [1.82, 2.24) is 5.16 Å². The molecule has 0 fully saturated rings. The Morgan fingerprint density at radius 1 is 1.35 bits per heavy atom. The summed E-state index contributed by atoms with van der Waals surface area (Å²) in [4.78, 5) is 11.5. The molecule has 0 bridgehead atoms. The van der Waals surface area contributed by atoms with E-state index < -0.39 is 5.97 Å². The predicted molar refractivity (Wildman–Crippen MR) is 75.6 cm³/mol. The minimum absolute atomic E-state index is 0.201. The molecule has 5 nitrogen and oxygen atoms in total. The smallest absolute Gasteiger partial charge is 0.360 e. The zero-order valence-electron chi connectivity index (χ0n) is 11.7. The van der Waals surface area contributed by atoms with Gasteiger partial charge in [0.2, 0.25) is 0 Å². The lowest BCUT2D eigenvalue weighted by molar-refractivity contribution is 0.0514. The Bertz CT molecular complexity index is 578. The van der Waals surface area contributed by atoms with Crippen LogP contribution < -0.4 is 5.32 Å². The summed E-state index contributed by atoms with van der Waals surface area (Å²) < 4.78 is 9.97. The van der Waals surface area contributed by atoms with Gasteiger partial charge in [-0.1, -0.05) is 30.3 Å². The third-order valence-corrected chi connectivity index (χ3v) is 2.89. The maximum absolute atomic E-state index is 11.5. The summed E-state index contributed by atoms with van der Waals surface area (Å²) >= 11 is 0. The van der Waals surface area contributed by atoms with Crippen molar-refractivity contribution in [2.45, 2.75) is 26.8 Å². The molecule has 1 aromatic heterocycles. The van der Waals surface area contributed by atoms with Gasteiger partial charge in [-0.3, -0.25) is 0 Å². The quantitative estimate of drug-likeness (QED) is 0.820. The Morgan fingerprint density at radius 3 is 2.90 bits per heavy atom. The number of aromatic nitrogens is 1. The van der Waals surface area contributed by atoms with E-state index in [-0.39, 0.29) is 5.69 Å². The molecule has 0 aliphatic carbocycles. The second kappa shape index (κ2) is 6.75. The molecule has 0 spiro atoms.